The number of anilines is 1. The number of sulfonamides is 1. The van der Waals surface area contributed by atoms with Crippen molar-refractivity contribution in [1.29, 1.82) is 0 Å². The Hall–Kier alpha value is -3.20. The van der Waals surface area contributed by atoms with E-state index >= 15 is 0 Å². The fourth-order valence-electron chi connectivity index (χ4n) is 4.01. The van der Waals surface area contributed by atoms with Gasteiger partial charge in [0.25, 0.3) is 0 Å². The van der Waals surface area contributed by atoms with Crippen molar-refractivity contribution in [2.45, 2.75) is 11.4 Å². The first kappa shape index (κ1) is 23.9. The number of carbonyl (C=O) groups is 1. The van der Waals surface area contributed by atoms with Crippen LogP contribution in [0, 0.1) is 0 Å². The Morgan fingerprint density at radius 1 is 0.794 bits per heavy atom. The number of hydrogen-bond donors (Lipinski definition) is 1. The summed E-state index contributed by atoms with van der Waals surface area (Å²) in [5.74, 6) is -0.0236. The molecule has 0 radical (unpaired) electrons. The minimum atomic E-state index is -3.72. The van der Waals surface area contributed by atoms with Crippen molar-refractivity contribution < 1.29 is 13.2 Å². The molecule has 0 unspecified atom stereocenters. The molecule has 0 spiro atoms. The topological polar surface area (TPSA) is 73.0 Å². The highest BCUT2D eigenvalue weighted by atomic mass is 32.2. The SMILES string of the molecule is O=C(CNCN(Cc1ccccc1)S(=O)(=O)c1ccccc1)N1CCN(c2ccccc2)CC1. The molecule has 0 bridgehead atoms. The molecule has 1 fully saturated rings. The summed E-state index contributed by atoms with van der Waals surface area (Å²) in [7, 11) is -3.72. The van der Waals surface area contributed by atoms with Crippen molar-refractivity contribution in [2.24, 2.45) is 0 Å². The van der Waals surface area contributed by atoms with E-state index < -0.39 is 10.0 Å². The Kier molecular flexibility index (Phi) is 7.95. The molecule has 1 aliphatic rings. The van der Waals surface area contributed by atoms with Crippen LogP contribution in [0.3, 0.4) is 0 Å². The summed E-state index contributed by atoms with van der Waals surface area (Å²) < 4.78 is 27.9. The lowest BCUT2D eigenvalue weighted by atomic mass is 10.2. The van der Waals surface area contributed by atoms with Gasteiger partial charge in [-0.15, -0.1) is 0 Å². The van der Waals surface area contributed by atoms with E-state index in [0.29, 0.717) is 13.1 Å². The molecule has 1 aliphatic heterocycles. The second-order valence-corrected chi connectivity index (χ2v) is 10.1. The quantitative estimate of drug-likeness (QED) is 0.479. The van der Waals surface area contributed by atoms with Crippen molar-refractivity contribution in [3.63, 3.8) is 0 Å². The zero-order valence-electron chi connectivity index (χ0n) is 19.1. The summed E-state index contributed by atoms with van der Waals surface area (Å²) >= 11 is 0. The van der Waals surface area contributed by atoms with Crippen molar-refractivity contribution in [1.82, 2.24) is 14.5 Å². The summed E-state index contributed by atoms with van der Waals surface area (Å²) in [4.78, 5) is 17.1. The van der Waals surface area contributed by atoms with Gasteiger partial charge in [0.15, 0.2) is 0 Å². The Balaban J connectivity index is 1.35. The van der Waals surface area contributed by atoms with E-state index in [2.05, 4.69) is 22.3 Å². The zero-order valence-corrected chi connectivity index (χ0v) is 19.9. The third kappa shape index (κ3) is 6.02. The highest BCUT2D eigenvalue weighted by molar-refractivity contribution is 7.89. The molecule has 178 valence electrons. The van der Waals surface area contributed by atoms with Gasteiger partial charge in [-0.2, -0.15) is 4.31 Å². The van der Waals surface area contributed by atoms with Crippen LogP contribution in [0.1, 0.15) is 5.56 Å². The first-order valence-corrected chi connectivity index (χ1v) is 12.9. The number of hydrogen-bond acceptors (Lipinski definition) is 5. The van der Waals surface area contributed by atoms with Gasteiger partial charge in [0, 0.05) is 38.4 Å². The van der Waals surface area contributed by atoms with Crippen molar-refractivity contribution in [2.75, 3.05) is 44.3 Å². The Morgan fingerprint density at radius 3 is 1.97 bits per heavy atom. The number of carbonyl (C=O) groups excluding carboxylic acids is 1. The van der Waals surface area contributed by atoms with Gasteiger partial charge >= 0.3 is 0 Å². The molecule has 3 aromatic rings. The summed E-state index contributed by atoms with van der Waals surface area (Å²) in [5.41, 5.74) is 2.04. The van der Waals surface area contributed by atoms with Crippen molar-refractivity contribution in [3.8, 4) is 0 Å². The van der Waals surface area contributed by atoms with Crippen LogP contribution in [0.25, 0.3) is 0 Å². The summed E-state index contributed by atoms with van der Waals surface area (Å²) in [5, 5.41) is 3.06. The lowest BCUT2D eigenvalue weighted by molar-refractivity contribution is -0.130. The smallest absolute Gasteiger partial charge is 0.244 e. The fraction of sp³-hybridized carbons (Fsp3) is 0.269. The summed E-state index contributed by atoms with van der Waals surface area (Å²) in [6.07, 6.45) is 0. The molecule has 0 saturated carbocycles. The third-order valence-corrected chi connectivity index (χ3v) is 7.71. The van der Waals surface area contributed by atoms with Gasteiger partial charge in [-0.25, -0.2) is 8.42 Å². The maximum absolute atomic E-state index is 13.3. The van der Waals surface area contributed by atoms with Crippen LogP contribution in [0.15, 0.2) is 95.9 Å². The maximum Gasteiger partial charge on any atom is 0.244 e. The molecule has 0 aliphatic carbocycles. The van der Waals surface area contributed by atoms with Crippen molar-refractivity contribution in [3.05, 3.63) is 96.6 Å². The lowest BCUT2D eigenvalue weighted by Gasteiger charge is -2.36. The van der Waals surface area contributed by atoms with Gasteiger partial charge < -0.3 is 9.80 Å². The molecule has 7 nitrogen and oxygen atoms in total. The molecule has 4 rings (SSSR count). The standard InChI is InChI=1S/C26H30N4O3S/c31-26(29-18-16-28(17-19-29)24-12-6-2-7-13-24)20-27-22-30(21-23-10-4-1-5-11-23)34(32,33)25-14-8-3-9-15-25/h1-15,27H,16-22H2. The lowest BCUT2D eigenvalue weighted by Crippen LogP contribution is -2.51. The molecule has 3 aromatic carbocycles. The molecule has 0 aromatic heterocycles. The minimum Gasteiger partial charge on any atom is -0.368 e. The Bertz CT molecular complexity index is 1150. The van der Waals surface area contributed by atoms with Gasteiger partial charge in [0.1, 0.15) is 0 Å². The average Bonchev–Trinajstić information content (AvgIpc) is 2.89. The number of nitrogens with one attached hydrogen (secondary N) is 1. The number of piperazine rings is 1. The van der Waals surface area contributed by atoms with Crippen LogP contribution >= 0.6 is 0 Å². The monoisotopic (exact) mass is 478 g/mol. The first-order chi connectivity index (χ1) is 16.5. The molecule has 1 heterocycles. The van der Waals surface area contributed by atoms with E-state index in [1.165, 1.54) is 4.31 Å². The summed E-state index contributed by atoms with van der Waals surface area (Å²) in [6.45, 7) is 3.19. The summed E-state index contributed by atoms with van der Waals surface area (Å²) in [6, 6.07) is 28.0. The van der Waals surface area contributed by atoms with Gasteiger partial charge in [0.05, 0.1) is 18.1 Å². The van der Waals surface area contributed by atoms with Crippen LogP contribution in [0.2, 0.25) is 0 Å². The van der Waals surface area contributed by atoms with E-state index in [0.717, 1.165) is 24.3 Å². The van der Waals surface area contributed by atoms with Gasteiger partial charge in [0.2, 0.25) is 15.9 Å². The molecule has 1 N–H and O–H groups in total. The van der Waals surface area contributed by atoms with Crippen LogP contribution in [0.4, 0.5) is 5.69 Å². The van der Waals surface area contributed by atoms with Crippen LogP contribution in [-0.2, 0) is 21.4 Å². The largest absolute Gasteiger partial charge is 0.368 e. The zero-order chi connectivity index (χ0) is 23.8. The number of benzene rings is 3. The van der Waals surface area contributed by atoms with Gasteiger partial charge in [-0.05, 0) is 29.8 Å². The van der Waals surface area contributed by atoms with Gasteiger partial charge in [-0.1, -0.05) is 66.7 Å². The van der Waals surface area contributed by atoms with E-state index in [4.69, 9.17) is 0 Å². The molecule has 34 heavy (non-hydrogen) atoms. The van der Waals surface area contributed by atoms with Crippen LogP contribution in [-0.4, -0.2) is 62.9 Å². The van der Waals surface area contributed by atoms with E-state index in [9.17, 15) is 13.2 Å². The third-order valence-electron chi connectivity index (χ3n) is 5.90. The van der Waals surface area contributed by atoms with Gasteiger partial charge in [-0.3, -0.25) is 10.1 Å². The number of rotatable bonds is 9. The normalized spacial score (nSPS) is 14.4. The maximum atomic E-state index is 13.3. The predicted molar refractivity (Wildman–Crippen MR) is 134 cm³/mol. The molecule has 0 atom stereocenters. The molecule has 1 amide bonds. The fourth-order valence-corrected chi connectivity index (χ4v) is 5.39. The molecular weight excluding hydrogens is 448 g/mol. The van der Waals surface area contributed by atoms with Crippen LogP contribution < -0.4 is 10.2 Å². The van der Waals surface area contributed by atoms with Crippen molar-refractivity contribution >= 4 is 21.6 Å². The average molecular weight is 479 g/mol. The van der Waals surface area contributed by atoms with Crippen LogP contribution in [0.5, 0.6) is 0 Å². The predicted octanol–water partition coefficient (Wildman–Crippen LogP) is 2.77. The molecule has 8 heteroatoms. The second kappa shape index (κ2) is 11.3. The number of nitrogens with zero attached hydrogens (tertiary/aromatic N) is 3. The van der Waals surface area contributed by atoms with E-state index in [1.54, 1.807) is 30.3 Å². The number of amides is 1. The second-order valence-electron chi connectivity index (χ2n) is 8.20. The number of para-hydroxylation sites is 1. The molecular formula is C26H30N4O3S. The Labute approximate surface area is 201 Å². The minimum absolute atomic E-state index is 0.0236. The highest BCUT2D eigenvalue weighted by Crippen LogP contribution is 2.18. The highest BCUT2D eigenvalue weighted by Gasteiger charge is 2.25. The van der Waals surface area contributed by atoms with E-state index in [1.807, 2.05) is 53.4 Å². The molecule has 1 saturated heterocycles. The first-order valence-electron chi connectivity index (χ1n) is 11.4. The van der Waals surface area contributed by atoms with E-state index in [-0.39, 0.29) is 30.6 Å². The Morgan fingerprint density at radius 2 is 1.35 bits per heavy atom.